The van der Waals surface area contributed by atoms with Crippen molar-refractivity contribution in [3.05, 3.63) is 34.9 Å². The average Bonchev–Trinajstić information content (AvgIpc) is 2.37. The fourth-order valence-electron chi connectivity index (χ4n) is 2.15. The third kappa shape index (κ3) is 4.68. The van der Waals surface area contributed by atoms with E-state index >= 15 is 0 Å². The van der Waals surface area contributed by atoms with E-state index in [-0.39, 0.29) is 12.5 Å². The quantitative estimate of drug-likeness (QED) is 0.868. The minimum atomic E-state index is -0.876. The second kappa shape index (κ2) is 7.08. The van der Waals surface area contributed by atoms with Crippen LogP contribution in [0.15, 0.2) is 18.2 Å². The van der Waals surface area contributed by atoms with Gasteiger partial charge in [0, 0.05) is 20.0 Å². The predicted octanol–water partition coefficient (Wildman–Crippen LogP) is 2.42. The van der Waals surface area contributed by atoms with Crippen LogP contribution in [0.1, 0.15) is 30.0 Å². The van der Waals surface area contributed by atoms with Crippen molar-refractivity contribution in [3.63, 3.8) is 0 Å². The van der Waals surface area contributed by atoms with Crippen LogP contribution in [0.4, 0.5) is 0 Å². The molecule has 1 aromatic rings. The van der Waals surface area contributed by atoms with Gasteiger partial charge in [0.2, 0.25) is 5.91 Å². The Hall–Kier alpha value is -1.84. The first kappa shape index (κ1) is 16.2. The van der Waals surface area contributed by atoms with E-state index in [0.717, 1.165) is 0 Å². The lowest BCUT2D eigenvalue weighted by atomic mass is 10.0. The van der Waals surface area contributed by atoms with Gasteiger partial charge in [-0.1, -0.05) is 30.7 Å². The SMILES string of the molecule is Cc1ccc(CCC(=O)N(C)C[C@H](C)C(=O)O)c(C)c1. The van der Waals surface area contributed by atoms with Crippen LogP contribution in [0.5, 0.6) is 0 Å². The number of aryl methyl sites for hydroxylation is 3. The Bertz CT molecular complexity index is 496. The zero-order chi connectivity index (χ0) is 15.3. The van der Waals surface area contributed by atoms with Crippen molar-refractivity contribution in [3.8, 4) is 0 Å². The minimum absolute atomic E-state index is 0.0157. The molecule has 1 atom stereocenters. The van der Waals surface area contributed by atoms with Crippen LogP contribution >= 0.6 is 0 Å². The maximum Gasteiger partial charge on any atom is 0.308 e. The van der Waals surface area contributed by atoms with Crippen molar-refractivity contribution in [1.82, 2.24) is 4.90 Å². The van der Waals surface area contributed by atoms with Gasteiger partial charge in [0.25, 0.3) is 0 Å². The van der Waals surface area contributed by atoms with Crippen LogP contribution in [-0.2, 0) is 16.0 Å². The first-order valence-electron chi connectivity index (χ1n) is 6.84. The van der Waals surface area contributed by atoms with Gasteiger partial charge in [-0.2, -0.15) is 0 Å². The number of nitrogens with zero attached hydrogens (tertiary/aromatic N) is 1. The molecule has 0 saturated carbocycles. The number of hydrogen-bond acceptors (Lipinski definition) is 2. The number of carboxylic acids is 1. The molecule has 0 aliphatic heterocycles. The van der Waals surface area contributed by atoms with E-state index < -0.39 is 11.9 Å². The normalized spacial score (nSPS) is 12.0. The second-order valence-corrected chi connectivity index (χ2v) is 5.44. The Morgan fingerprint density at radius 1 is 1.30 bits per heavy atom. The van der Waals surface area contributed by atoms with Crippen LogP contribution in [0.2, 0.25) is 0 Å². The number of hydrogen-bond donors (Lipinski definition) is 1. The Morgan fingerprint density at radius 3 is 2.50 bits per heavy atom. The van der Waals surface area contributed by atoms with Crippen molar-refractivity contribution in [1.29, 1.82) is 0 Å². The predicted molar refractivity (Wildman–Crippen MR) is 78.7 cm³/mol. The van der Waals surface area contributed by atoms with Gasteiger partial charge in [0.1, 0.15) is 0 Å². The number of rotatable bonds is 6. The van der Waals surface area contributed by atoms with Crippen molar-refractivity contribution in [2.24, 2.45) is 5.92 Å². The Labute approximate surface area is 120 Å². The molecule has 1 rings (SSSR count). The van der Waals surface area contributed by atoms with Gasteiger partial charge in [-0.15, -0.1) is 0 Å². The molecule has 0 unspecified atom stereocenters. The number of carboxylic acid groups (broad SMARTS) is 1. The smallest absolute Gasteiger partial charge is 0.308 e. The number of aliphatic carboxylic acids is 1. The highest BCUT2D eigenvalue weighted by Crippen LogP contribution is 2.13. The molecule has 0 aliphatic carbocycles. The molecule has 4 heteroatoms. The van der Waals surface area contributed by atoms with Crippen LogP contribution in [0, 0.1) is 19.8 Å². The molecule has 1 amide bonds. The minimum Gasteiger partial charge on any atom is -0.481 e. The van der Waals surface area contributed by atoms with Crippen LogP contribution in [0.3, 0.4) is 0 Å². The lowest BCUT2D eigenvalue weighted by Gasteiger charge is -2.19. The zero-order valence-corrected chi connectivity index (χ0v) is 12.6. The van der Waals surface area contributed by atoms with E-state index in [0.29, 0.717) is 12.8 Å². The second-order valence-electron chi connectivity index (χ2n) is 5.44. The highest BCUT2D eigenvalue weighted by molar-refractivity contribution is 5.77. The van der Waals surface area contributed by atoms with Crippen LogP contribution in [-0.4, -0.2) is 35.5 Å². The van der Waals surface area contributed by atoms with Gasteiger partial charge in [-0.3, -0.25) is 9.59 Å². The Kier molecular flexibility index (Phi) is 5.74. The van der Waals surface area contributed by atoms with E-state index in [2.05, 4.69) is 12.1 Å². The molecule has 1 aromatic carbocycles. The van der Waals surface area contributed by atoms with Crippen molar-refractivity contribution < 1.29 is 14.7 Å². The summed E-state index contributed by atoms with van der Waals surface area (Å²) < 4.78 is 0. The zero-order valence-electron chi connectivity index (χ0n) is 12.6. The molecule has 0 bridgehead atoms. The molecule has 0 saturated heterocycles. The van der Waals surface area contributed by atoms with E-state index in [4.69, 9.17) is 5.11 Å². The van der Waals surface area contributed by atoms with Gasteiger partial charge in [-0.05, 0) is 31.4 Å². The average molecular weight is 277 g/mol. The Balaban J connectivity index is 2.52. The van der Waals surface area contributed by atoms with Gasteiger partial charge < -0.3 is 10.0 Å². The first-order chi connectivity index (χ1) is 9.31. The number of carbonyl (C=O) groups is 2. The topological polar surface area (TPSA) is 57.6 Å². The largest absolute Gasteiger partial charge is 0.481 e. The highest BCUT2D eigenvalue weighted by Gasteiger charge is 2.17. The van der Waals surface area contributed by atoms with E-state index in [1.807, 2.05) is 19.9 Å². The molecule has 0 radical (unpaired) electrons. The number of carbonyl (C=O) groups excluding carboxylic acids is 1. The molecule has 0 fully saturated rings. The van der Waals surface area contributed by atoms with E-state index in [1.54, 1.807) is 14.0 Å². The number of benzene rings is 1. The molecule has 0 aliphatic rings. The van der Waals surface area contributed by atoms with Gasteiger partial charge in [0.05, 0.1) is 5.92 Å². The molecule has 110 valence electrons. The summed E-state index contributed by atoms with van der Waals surface area (Å²) in [6.07, 6.45) is 1.10. The number of amides is 1. The first-order valence-corrected chi connectivity index (χ1v) is 6.84. The fraction of sp³-hybridized carbons (Fsp3) is 0.500. The fourth-order valence-corrected chi connectivity index (χ4v) is 2.15. The molecule has 1 N–H and O–H groups in total. The lowest BCUT2D eigenvalue weighted by molar-refractivity contribution is -0.142. The van der Waals surface area contributed by atoms with Crippen LogP contribution in [0.25, 0.3) is 0 Å². The van der Waals surface area contributed by atoms with Gasteiger partial charge >= 0.3 is 5.97 Å². The highest BCUT2D eigenvalue weighted by atomic mass is 16.4. The standard InChI is InChI=1S/C16H23NO3/c1-11-5-6-14(12(2)9-11)7-8-15(18)17(4)10-13(3)16(19)20/h5-6,9,13H,7-8,10H2,1-4H3,(H,19,20)/t13-/m0/s1. The summed E-state index contributed by atoms with van der Waals surface area (Å²) in [5, 5.41) is 8.84. The molecule has 0 aromatic heterocycles. The van der Waals surface area contributed by atoms with Crippen molar-refractivity contribution >= 4 is 11.9 Å². The Morgan fingerprint density at radius 2 is 1.95 bits per heavy atom. The van der Waals surface area contributed by atoms with Crippen LogP contribution < -0.4 is 0 Å². The maximum absolute atomic E-state index is 12.0. The maximum atomic E-state index is 12.0. The summed E-state index contributed by atoms with van der Waals surface area (Å²) in [4.78, 5) is 24.3. The van der Waals surface area contributed by atoms with E-state index in [9.17, 15) is 9.59 Å². The summed E-state index contributed by atoms with van der Waals surface area (Å²) in [5.41, 5.74) is 3.58. The van der Waals surface area contributed by atoms with E-state index in [1.165, 1.54) is 21.6 Å². The third-order valence-electron chi connectivity index (χ3n) is 3.50. The molecule has 0 heterocycles. The molecule has 0 spiro atoms. The lowest BCUT2D eigenvalue weighted by Crippen LogP contribution is -2.33. The molecule has 4 nitrogen and oxygen atoms in total. The summed E-state index contributed by atoms with van der Waals surface area (Å²) in [6.45, 7) is 5.95. The summed E-state index contributed by atoms with van der Waals surface area (Å²) in [5.74, 6) is -1.43. The molecule has 20 heavy (non-hydrogen) atoms. The van der Waals surface area contributed by atoms with Crippen molar-refractivity contribution in [2.45, 2.75) is 33.6 Å². The molecular weight excluding hydrogens is 254 g/mol. The molecular formula is C16H23NO3. The van der Waals surface area contributed by atoms with Gasteiger partial charge in [-0.25, -0.2) is 0 Å². The third-order valence-corrected chi connectivity index (χ3v) is 3.50. The summed E-state index contributed by atoms with van der Waals surface area (Å²) in [6, 6.07) is 6.21. The van der Waals surface area contributed by atoms with Crippen molar-refractivity contribution in [2.75, 3.05) is 13.6 Å². The summed E-state index contributed by atoms with van der Waals surface area (Å²) >= 11 is 0. The summed E-state index contributed by atoms with van der Waals surface area (Å²) in [7, 11) is 1.66. The monoisotopic (exact) mass is 277 g/mol. The van der Waals surface area contributed by atoms with Gasteiger partial charge in [0.15, 0.2) is 0 Å².